The van der Waals surface area contributed by atoms with Crippen LogP contribution in [0.4, 0.5) is 0 Å². The van der Waals surface area contributed by atoms with Crippen molar-refractivity contribution in [1.29, 1.82) is 0 Å². The third-order valence-electron chi connectivity index (χ3n) is 3.99. The first-order valence-electron chi connectivity index (χ1n) is 7.62. The van der Waals surface area contributed by atoms with Crippen LogP contribution < -0.4 is 15.0 Å². The maximum Gasteiger partial charge on any atom is 0.273 e. The number of aromatic amines is 1. The number of nitrogens with one attached hydrogen (secondary N) is 1. The van der Waals surface area contributed by atoms with Gasteiger partial charge in [-0.3, -0.25) is 9.89 Å². The molecule has 0 radical (unpaired) electrons. The highest BCUT2D eigenvalue weighted by Crippen LogP contribution is 2.39. The van der Waals surface area contributed by atoms with Gasteiger partial charge in [-0.2, -0.15) is 0 Å². The molecule has 0 aliphatic heterocycles. The fourth-order valence-corrected chi connectivity index (χ4v) is 2.63. The zero-order valence-corrected chi connectivity index (χ0v) is 12.8. The zero-order chi connectivity index (χ0) is 15.8. The Morgan fingerprint density at radius 2 is 2.04 bits per heavy atom. The maximum absolute atomic E-state index is 12.2. The van der Waals surface area contributed by atoms with Gasteiger partial charge < -0.3 is 9.47 Å². The number of aromatic nitrogens is 3. The van der Waals surface area contributed by atoms with Crippen molar-refractivity contribution in [3.8, 4) is 11.5 Å². The predicted molar refractivity (Wildman–Crippen MR) is 85.1 cm³/mol. The van der Waals surface area contributed by atoms with Gasteiger partial charge in [-0.1, -0.05) is 12.1 Å². The molecule has 0 unspecified atom stereocenters. The molecule has 23 heavy (non-hydrogen) atoms. The van der Waals surface area contributed by atoms with Crippen LogP contribution in [0.5, 0.6) is 11.5 Å². The van der Waals surface area contributed by atoms with Gasteiger partial charge in [-0.15, -0.1) is 0 Å². The maximum atomic E-state index is 12.2. The van der Waals surface area contributed by atoms with Crippen molar-refractivity contribution < 1.29 is 9.47 Å². The number of fused-ring (bicyclic) bond motifs is 1. The highest BCUT2D eigenvalue weighted by Gasteiger charge is 2.25. The van der Waals surface area contributed by atoms with E-state index in [-0.39, 0.29) is 12.2 Å². The second-order valence-corrected chi connectivity index (χ2v) is 5.70. The summed E-state index contributed by atoms with van der Waals surface area (Å²) < 4.78 is 12.5. The van der Waals surface area contributed by atoms with Crippen LogP contribution in [0, 0.1) is 0 Å². The predicted octanol–water partition coefficient (Wildman–Crippen LogP) is 2.49. The fraction of sp³-hybridized carbons (Fsp3) is 0.294. The van der Waals surface area contributed by atoms with Crippen molar-refractivity contribution in [3.05, 3.63) is 58.1 Å². The molecule has 1 aromatic carbocycles. The Morgan fingerprint density at radius 3 is 2.78 bits per heavy atom. The molecule has 118 valence electrons. The normalized spacial score (nSPS) is 14.1. The number of hydrogen-bond donors (Lipinski definition) is 1. The highest BCUT2D eigenvalue weighted by molar-refractivity contribution is 5.42. The average Bonchev–Trinajstić information content (AvgIpc) is 3.33. The number of nitrogens with zero attached hydrogens (tertiary/aromatic N) is 2. The van der Waals surface area contributed by atoms with E-state index in [4.69, 9.17) is 9.47 Å². The van der Waals surface area contributed by atoms with Crippen LogP contribution in [-0.4, -0.2) is 21.7 Å². The van der Waals surface area contributed by atoms with Crippen molar-refractivity contribution in [1.82, 2.24) is 14.6 Å². The fourth-order valence-electron chi connectivity index (χ4n) is 2.63. The van der Waals surface area contributed by atoms with Gasteiger partial charge in [0.15, 0.2) is 17.1 Å². The average molecular weight is 311 g/mol. The summed E-state index contributed by atoms with van der Waals surface area (Å²) >= 11 is 0. The van der Waals surface area contributed by atoms with E-state index in [9.17, 15) is 4.79 Å². The lowest BCUT2D eigenvalue weighted by molar-refractivity contribution is 0.280. The Morgan fingerprint density at radius 1 is 1.26 bits per heavy atom. The number of para-hydroxylation sites is 2. The number of ether oxygens (including phenoxy) is 2. The molecule has 1 aliphatic carbocycles. The molecule has 2 heterocycles. The molecule has 0 amide bonds. The minimum absolute atomic E-state index is 0.125. The minimum Gasteiger partial charge on any atom is -0.493 e. The summed E-state index contributed by atoms with van der Waals surface area (Å²) in [6, 6.07) is 10.8. The summed E-state index contributed by atoms with van der Waals surface area (Å²) in [5.74, 6) is 1.83. The first-order valence-corrected chi connectivity index (χ1v) is 7.62. The highest BCUT2D eigenvalue weighted by atomic mass is 16.5. The molecule has 6 heteroatoms. The first-order chi connectivity index (χ1) is 11.2. The second-order valence-electron chi connectivity index (χ2n) is 5.70. The third kappa shape index (κ3) is 2.67. The van der Waals surface area contributed by atoms with Crippen LogP contribution in [0.1, 0.15) is 30.1 Å². The van der Waals surface area contributed by atoms with Crippen molar-refractivity contribution >= 4 is 5.65 Å². The summed E-state index contributed by atoms with van der Waals surface area (Å²) in [7, 11) is 1.60. The van der Waals surface area contributed by atoms with E-state index in [1.54, 1.807) is 7.11 Å². The molecule has 2 aromatic heterocycles. The summed E-state index contributed by atoms with van der Waals surface area (Å²) in [5, 5.41) is 3.13. The van der Waals surface area contributed by atoms with E-state index in [2.05, 4.69) is 10.1 Å². The van der Waals surface area contributed by atoms with Gasteiger partial charge in [0.2, 0.25) is 0 Å². The van der Waals surface area contributed by atoms with Crippen LogP contribution >= 0.6 is 0 Å². The van der Waals surface area contributed by atoms with Crippen LogP contribution in [0.15, 0.2) is 41.2 Å². The number of benzene rings is 1. The Balaban J connectivity index is 1.60. The Bertz CT molecular complexity index is 909. The van der Waals surface area contributed by atoms with Crippen molar-refractivity contribution in [2.75, 3.05) is 7.11 Å². The van der Waals surface area contributed by atoms with E-state index < -0.39 is 0 Å². The molecule has 0 saturated heterocycles. The summed E-state index contributed by atoms with van der Waals surface area (Å²) in [6.07, 6.45) is 2.34. The van der Waals surface area contributed by atoms with Gasteiger partial charge in [-0.05, 0) is 25.0 Å². The summed E-state index contributed by atoms with van der Waals surface area (Å²) in [4.78, 5) is 16.7. The van der Waals surface area contributed by atoms with Gasteiger partial charge in [0, 0.05) is 23.7 Å². The van der Waals surface area contributed by atoms with E-state index in [0.29, 0.717) is 28.8 Å². The number of H-pyrrole nitrogens is 1. The van der Waals surface area contributed by atoms with E-state index in [0.717, 1.165) is 5.69 Å². The Labute approximate surface area is 132 Å². The van der Waals surface area contributed by atoms with Gasteiger partial charge in [-0.25, -0.2) is 9.50 Å². The standard InChI is InChI=1S/C17H17N3O3/c1-22-14-4-2-3-5-15(14)23-10-12-8-17(21)20-16(18-12)9-13(19-20)11-6-7-11/h2-5,8-9,11,19H,6-7,10H2,1H3. The molecule has 3 aromatic rings. The lowest BCUT2D eigenvalue weighted by Crippen LogP contribution is -2.16. The molecule has 1 fully saturated rings. The van der Waals surface area contributed by atoms with E-state index in [1.807, 2.05) is 30.3 Å². The number of rotatable bonds is 5. The Kier molecular flexibility index (Phi) is 3.29. The SMILES string of the molecule is COc1ccccc1OCc1cc(=O)n2[nH]c(C3CC3)cc2n1. The molecule has 1 N–H and O–H groups in total. The third-order valence-corrected chi connectivity index (χ3v) is 3.99. The smallest absolute Gasteiger partial charge is 0.273 e. The molecule has 0 spiro atoms. The van der Waals surface area contributed by atoms with Gasteiger partial charge >= 0.3 is 0 Å². The lowest BCUT2D eigenvalue weighted by Gasteiger charge is -2.09. The van der Waals surface area contributed by atoms with Crippen molar-refractivity contribution in [3.63, 3.8) is 0 Å². The zero-order valence-electron chi connectivity index (χ0n) is 12.8. The summed E-state index contributed by atoms with van der Waals surface area (Å²) in [6.45, 7) is 0.218. The topological polar surface area (TPSA) is 68.6 Å². The van der Waals surface area contributed by atoms with Crippen LogP contribution in [0.25, 0.3) is 5.65 Å². The van der Waals surface area contributed by atoms with Crippen molar-refractivity contribution in [2.24, 2.45) is 0 Å². The molecule has 1 saturated carbocycles. The molecule has 0 atom stereocenters. The molecular formula is C17H17N3O3. The molecule has 1 aliphatic rings. The van der Waals surface area contributed by atoms with Gasteiger partial charge in [0.05, 0.1) is 12.8 Å². The first kappa shape index (κ1) is 13.9. The minimum atomic E-state index is -0.125. The Hall–Kier alpha value is -2.76. The van der Waals surface area contributed by atoms with Crippen LogP contribution in [0.3, 0.4) is 0 Å². The molecular weight excluding hydrogens is 294 g/mol. The number of hydrogen-bond acceptors (Lipinski definition) is 4. The number of methoxy groups -OCH3 is 1. The van der Waals surface area contributed by atoms with Crippen LogP contribution in [0.2, 0.25) is 0 Å². The lowest BCUT2D eigenvalue weighted by atomic mass is 10.3. The largest absolute Gasteiger partial charge is 0.493 e. The summed E-state index contributed by atoms with van der Waals surface area (Å²) in [5.41, 5.74) is 2.19. The van der Waals surface area contributed by atoms with E-state index in [1.165, 1.54) is 23.4 Å². The second kappa shape index (κ2) is 5.46. The molecule has 0 bridgehead atoms. The van der Waals surface area contributed by atoms with E-state index >= 15 is 0 Å². The molecule has 6 nitrogen and oxygen atoms in total. The monoisotopic (exact) mass is 311 g/mol. The quantitative estimate of drug-likeness (QED) is 0.786. The molecule has 4 rings (SSSR count). The van der Waals surface area contributed by atoms with Crippen LogP contribution in [-0.2, 0) is 6.61 Å². The van der Waals surface area contributed by atoms with Crippen molar-refractivity contribution in [2.45, 2.75) is 25.4 Å². The van der Waals surface area contributed by atoms with Gasteiger partial charge in [0.1, 0.15) is 6.61 Å². The van der Waals surface area contributed by atoms with Gasteiger partial charge in [0.25, 0.3) is 5.56 Å².